The molecule has 33 heavy (non-hydrogen) atoms. The minimum atomic E-state index is -0.609. The van der Waals surface area contributed by atoms with Crippen LogP contribution in [0.2, 0.25) is 0 Å². The Morgan fingerprint density at radius 2 is 1.58 bits per heavy atom. The van der Waals surface area contributed by atoms with Gasteiger partial charge < -0.3 is 14.0 Å². The summed E-state index contributed by atoms with van der Waals surface area (Å²) in [6.45, 7) is 3.92. The number of rotatable bonds is 8. The van der Waals surface area contributed by atoms with E-state index >= 15 is 0 Å². The van der Waals surface area contributed by atoms with Crippen molar-refractivity contribution in [2.75, 3.05) is 12.4 Å². The van der Waals surface area contributed by atoms with Crippen LogP contribution in [0.5, 0.6) is 5.75 Å². The fourth-order valence-corrected chi connectivity index (χ4v) is 4.30. The summed E-state index contributed by atoms with van der Waals surface area (Å²) in [7, 11) is 0. The predicted octanol–water partition coefficient (Wildman–Crippen LogP) is 4.94. The molecule has 0 aliphatic rings. The molecule has 0 aliphatic heterocycles. The smallest absolute Gasteiger partial charge is 0.349 e. The number of fused-ring (bicyclic) bond motifs is 1. The van der Waals surface area contributed by atoms with Gasteiger partial charge in [-0.05, 0) is 42.7 Å². The Morgan fingerprint density at radius 3 is 2.33 bits per heavy atom. The van der Waals surface area contributed by atoms with Crippen molar-refractivity contribution < 1.29 is 19.1 Å². The van der Waals surface area contributed by atoms with Crippen LogP contribution in [-0.4, -0.2) is 33.8 Å². The van der Waals surface area contributed by atoms with Crippen molar-refractivity contribution >= 4 is 34.7 Å². The summed E-state index contributed by atoms with van der Waals surface area (Å²) in [6, 6.07) is 23.6. The van der Waals surface area contributed by atoms with E-state index in [1.54, 1.807) is 0 Å². The van der Waals surface area contributed by atoms with E-state index in [4.69, 9.17) is 9.47 Å². The largest absolute Gasteiger partial charge is 0.453 e. The van der Waals surface area contributed by atoms with Crippen LogP contribution >= 0.6 is 11.8 Å². The Labute approximate surface area is 196 Å². The van der Waals surface area contributed by atoms with Crippen molar-refractivity contribution in [3.8, 4) is 5.75 Å². The first kappa shape index (κ1) is 22.6. The minimum absolute atomic E-state index is 0.0365. The third-order valence-electron chi connectivity index (χ3n) is 5.10. The molecule has 0 spiro atoms. The van der Waals surface area contributed by atoms with Gasteiger partial charge in [0.15, 0.2) is 11.8 Å². The molecular weight excluding hydrogens is 436 g/mol. The average molecular weight is 461 g/mol. The molecular formula is C26H24N2O4S. The number of nitrogens with zero attached hydrogens (tertiary/aromatic N) is 2. The highest BCUT2D eigenvalue weighted by Crippen LogP contribution is 2.26. The lowest BCUT2D eigenvalue weighted by molar-refractivity contribution is -0.151. The quantitative estimate of drug-likeness (QED) is 0.211. The second-order valence-electron chi connectivity index (χ2n) is 7.60. The van der Waals surface area contributed by atoms with Crippen molar-refractivity contribution in [1.29, 1.82) is 0 Å². The Balaban J connectivity index is 1.37. The molecule has 6 nitrogen and oxygen atoms in total. The van der Waals surface area contributed by atoms with Crippen LogP contribution in [0.3, 0.4) is 0 Å². The zero-order chi connectivity index (χ0) is 23.2. The summed E-state index contributed by atoms with van der Waals surface area (Å²) >= 11 is 1.29. The Hall–Kier alpha value is -3.58. The van der Waals surface area contributed by atoms with Crippen LogP contribution in [0.1, 0.15) is 16.7 Å². The molecule has 4 aromatic rings. The number of aromatic nitrogens is 2. The van der Waals surface area contributed by atoms with Crippen molar-refractivity contribution in [2.45, 2.75) is 25.5 Å². The number of carbonyl (C=O) groups excluding carboxylic acids is 2. The zero-order valence-corrected chi connectivity index (χ0v) is 19.3. The van der Waals surface area contributed by atoms with Gasteiger partial charge in [0.1, 0.15) is 5.75 Å². The highest BCUT2D eigenvalue weighted by Gasteiger charge is 2.16. The molecule has 0 bridgehead atoms. The highest BCUT2D eigenvalue weighted by atomic mass is 32.2. The number of hydrogen-bond acceptors (Lipinski definition) is 6. The highest BCUT2D eigenvalue weighted by molar-refractivity contribution is 7.99. The maximum atomic E-state index is 12.3. The molecule has 0 unspecified atom stereocenters. The molecule has 168 valence electrons. The molecule has 3 aromatic carbocycles. The van der Waals surface area contributed by atoms with E-state index in [1.807, 2.05) is 74.5 Å². The summed E-state index contributed by atoms with van der Waals surface area (Å²) in [5.41, 5.74) is 4.69. The number of imidazole rings is 1. The first-order valence-corrected chi connectivity index (χ1v) is 11.5. The SMILES string of the molecule is Cc1cccc(C)c1OC(=O)COC(=O)CSc1nc2ccccc2n1Cc1ccccc1. The number of carbonyl (C=O) groups is 2. The molecule has 0 radical (unpaired) electrons. The summed E-state index contributed by atoms with van der Waals surface area (Å²) in [4.78, 5) is 29.1. The summed E-state index contributed by atoms with van der Waals surface area (Å²) in [5, 5.41) is 0.718. The Bertz CT molecular complexity index is 1260. The predicted molar refractivity (Wildman–Crippen MR) is 129 cm³/mol. The van der Waals surface area contributed by atoms with E-state index in [-0.39, 0.29) is 5.75 Å². The van der Waals surface area contributed by atoms with E-state index < -0.39 is 18.5 Å². The number of benzene rings is 3. The van der Waals surface area contributed by atoms with Crippen LogP contribution in [0.4, 0.5) is 0 Å². The summed E-state index contributed by atoms with van der Waals surface area (Å²) in [5.74, 6) is -0.573. The molecule has 0 amide bonds. The van der Waals surface area contributed by atoms with Gasteiger partial charge in [0.2, 0.25) is 0 Å². The molecule has 1 heterocycles. The molecule has 4 rings (SSSR count). The minimum Gasteiger partial charge on any atom is -0.453 e. The molecule has 0 saturated carbocycles. The number of ether oxygens (including phenoxy) is 2. The van der Waals surface area contributed by atoms with Gasteiger partial charge in [-0.15, -0.1) is 0 Å². The number of hydrogen-bond donors (Lipinski definition) is 0. The van der Waals surface area contributed by atoms with Crippen molar-refractivity contribution in [3.63, 3.8) is 0 Å². The monoisotopic (exact) mass is 460 g/mol. The Morgan fingerprint density at radius 1 is 0.879 bits per heavy atom. The fourth-order valence-electron chi connectivity index (χ4n) is 3.49. The maximum absolute atomic E-state index is 12.3. The third kappa shape index (κ3) is 5.62. The second kappa shape index (κ2) is 10.4. The van der Waals surface area contributed by atoms with Gasteiger partial charge in [-0.2, -0.15) is 0 Å². The van der Waals surface area contributed by atoms with E-state index in [1.165, 1.54) is 11.8 Å². The summed E-state index contributed by atoms with van der Waals surface area (Å²) in [6.07, 6.45) is 0. The van der Waals surface area contributed by atoms with Crippen LogP contribution in [0, 0.1) is 13.8 Å². The fraction of sp³-hybridized carbons (Fsp3) is 0.192. The summed E-state index contributed by atoms with van der Waals surface area (Å²) < 4.78 is 12.6. The van der Waals surface area contributed by atoms with Crippen LogP contribution in [0.15, 0.2) is 78.0 Å². The second-order valence-corrected chi connectivity index (χ2v) is 8.54. The molecule has 0 atom stereocenters. The average Bonchev–Trinajstić information content (AvgIpc) is 3.17. The lowest BCUT2D eigenvalue weighted by Gasteiger charge is -2.11. The molecule has 0 saturated heterocycles. The maximum Gasteiger partial charge on any atom is 0.349 e. The van der Waals surface area contributed by atoms with Crippen LogP contribution in [-0.2, 0) is 20.9 Å². The van der Waals surface area contributed by atoms with Gasteiger partial charge in [0, 0.05) is 0 Å². The van der Waals surface area contributed by atoms with Crippen LogP contribution in [0.25, 0.3) is 11.0 Å². The molecule has 0 N–H and O–H groups in total. The third-order valence-corrected chi connectivity index (χ3v) is 6.05. The number of aryl methyl sites for hydroxylation is 2. The molecule has 0 aliphatic carbocycles. The van der Waals surface area contributed by atoms with Gasteiger partial charge in [-0.1, -0.05) is 72.4 Å². The van der Waals surface area contributed by atoms with Gasteiger partial charge in [0.05, 0.1) is 23.3 Å². The van der Waals surface area contributed by atoms with Crippen molar-refractivity contribution in [1.82, 2.24) is 9.55 Å². The molecule has 0 fully saturated rings. The van der Waals surface area contributed by atoms with E-state index in [2.05, 4.69) is 21.7 Å². The standard InChI is InChI=1S/C26H24N2O4S/c1-18-9-8-10-19(2)25(18)32-23(29)16-31-24(30)17-33-26-27-21-13-6-7-14-22(21)28(26)15-20-11-4-3-5-12-20/h3-14H,15-17H2,1-2H3. The first-order valence-electron chi connectivity index (χ1n) is 10.6. The zero-order valence-electron chi connectivity index (χ0n) is 18.5. The normalized spacial score (nSPS) is 10.8. The lowest BCUT2D eigenvalue weighted by Crippen LogP contribution is -2.20. The van der Waals surface area contributed by atoms with Gasteiger partial charge in [-0.25, -0.2) is 9.78 Å². The van der Waals surface area contributed by atoms with Gasteiger partial charge in [0.25, 0.3) is 0 Å². The molecule has 7 heteroatoms. The molecule has 1 aromatic heterocycles. The van der Waals surface area contributed by atoms with Crippen LogP contribution < -0.4 is 4.74 Å². The lowest BCUT2D eigenvalue weighted by atomic mass is 10.1. The van der Waals surface area contributed by atoms with Crippen molar-refractivity contribution in [3.05, 3.63) is 89.5 Å². The van der Waals surface area contributed by atoms with E-state index in [9.17, 15) is 9.59 Å². The first-order chi connectivity index (χ1) is 16.0. The van der Waals surface area contributed by atoms with Gasteiger partial charge in [-0.3, -0.25) is 4.79 Å². The van der Waals surface area contributed by atoms with Crippen molar-refractivity contribution in [2.24, 2.45) is 0 Å². The number of thioether (sulfide) groups is 1. The number of para-hydroxylation sites is 3. The van der Waals surface area contributed by atoms with E-state index in [0.29, 0.717) is 12.3 Å². The van der Waals surface area contributed by atoms with Gasteiger partial charge >= 0.3 is 11.9 Å². The number of esters is 2. The topological polar surface area (TPSA) is 70.4 Å². The van der Waals surface area contributed by atoms with E-state index in [0.717, 1.165) is 32.9 Å². The Kier molecular flexibility index (Phi) is 7.10.